The predicted molar refractivity (Wildman–Crippen MR) is 135 cm³/mol. The van der Waals surface area contributed by atoms with Crippen LogP contribution in [0.15, 0.2) is 58.4 Å². The Balaban J connectivity index is 0.00000450. The largest absolute Gasteiger partial charge is 0.357 e. The summed E-state index contributed by atoms with van der Waals surface area (Å²) in [5, 5.41) is 11.7. The number of nitrogens with two attached hydrogens (primary N) is 1. The molecule has 2 aromatic carbocycles. The first-order chi connectivity index (χ1) is 13.8. The standard InChI is InChI=1S/C22H32N4O2S.HI/c1-4-24-22(26-16-19-7-5-9-21(15-19)29(23,27)28)25-14-6-8-18-10-12-20(13-11-18)17(2)3;/h5,7,9-13,15,17H,4,6,8,14,16H2,1-3H3,(H2,23,27,28)(H2,24,25,26);1H. The van der Waals surface area contributed by atoms with Gasteiger partial charge in [0.05, 0.1) is 11.4 Å². The number of sulfonamides is 1. The SMILES string of the molecule is CCNC(=NCc1cccc(S(N)(=O)=O)c1)NCCCc1ccc(C(C)C)cc1.I. The molecule has 0 atom stereocenters. The third-order valence-electron chi connectivity index (χ3n) is 4.57. The fraction of sp³-hybridized carbons (Fsp3) is 0.409. The van der Waals surface area contributed by atoms with Crippen LogP contribution in [0.5, 0.6) is 0 Å². The summed E-state index contributed by atoms with van der Waals surface area (Å²) in [5.41, 5.74) is 3.48. The summed E-state index contributed by atoms with van der Waals surface area (Å²) in [6, 6.07) is 15.4. The van der Waals surface area contributed by atoms with Gasteiger partial charge in [-0.3, -0.25) is 0 Å². The molecular formula is C22H33IN4O2S. The molecule has 0 fully saturated rings. The number of halogens is 1. The number of aliphatic imine (C=N–C) groups is 1. The van der Waals surface area contributed by atoms with Gasteiger partial charge in [-0.05, 0) is 54.5 Å². The Labute approximate surface area is 197 Å². The lowest BCUT2D eigenvalue weighted by atomic mass is 10.0. The van der Waals surface area contributed by atoms with Gasteiger partial charge < -0.3 is 10.6 Å². The van der Waals surface area contributed by atoms with Crippen LogP contribution in [0.3, 0.4) is 0 Å². The average molecular weight is 545 g/mol. The minimum absolute atomic E-state index is 0. The number of primary sulfonamides is 1. The van der Waals surface area contributed by atoms with Gasteiger partial charge >= 0.3 is 0 Å². The van der Waals surface area contributed by atoms with Crippen LogP contribution in [-0.2, 0) is 23.0 Å². The van der Waals surface area contributed by atoms with E-state index in [-0.39, 0.29) is 28.9 Å². The monoisotopic (exact) mass is 544 g/mol. The minimum atomic E-state index is -3.71. The Morgan fingerprint density at radius 1 is 1.07 bits per heavy atom. The molecule has 0 aromatic heterocycles. The highest BCUT2D eigenvalue weighted by Gasteiger charge is 2.08. The maximum absolute atomic E-state index is 11.5. The van der Waals surface area contributed by atoms with E-state index >= 15 is 0 Å². The predicted octanol–water partition coefficient (Wildman–Crippen LogP) is 3.76. The topological polar surface area (TPSA) is 96.6 Å². The minimum Gasteiger partial charge on any atom is -0.357 e. The zero-order chi connectivity index (χ0) is 21.3. The first-order valence-electron chi connectivity index (χ1n) is 10.0. The molecule has 4 N–H and O–H groups in total. The number of nitrogens with zero attached hydrogens (tertiary/aromatic N) is 1. The maximum atomic E-state index is 11.5. The van der Waals surface area contributed by atoms with Crippen LogP contribution in [0.2, 0.25) is 0 Å². The van der Waals surface area contributed by atoms with Crippen molar-refractivity contribution < 1.29 is 8.42 Å². The van der Waals surface area contributed by atoms with Crippen LogP contribution >= 0.6 is 24.0 Å². The van der Waals surface area contributed by atoms with Gasteiger partial charge in [0, 0.05) is 13.1 Å². The van der Waals surface area contributed by atoms with Crippen molar-refractivity contribution in [3.63, 3.8) is 0 Å². The van der Waals surface area contributed by atoms with Crippen LogP contribution in [0.4, 0.5) is 0 Å². The van der Waals surface area contributed by atoms with E-state index in [1.54, 1.807) is 12.1 Å². The van der Waals surface area contributed by atoms with Gasteiger partial charge in [-0.2, -0.15) is 0 Å². The van der Waals surface area contributed by atoms with E-state index in [0.717, 1.165) is 31.5 Å². The first-order valence-corrected chi connectivity index (χ1v) is 11.6. The summed E-state index contributed by atoms with van der Waals surface area (Å²) in [7, 11) is -3.71. The molecule has 0 unspecified atom stereocenters. The second-order valence-corrected chi connectivity index (χ2v) is 8.88. The molecule has 2 aromatic rings. The summed E-state index contributed by atoms with van der Waals surface area (Å²) >= 11 is 0. The van der Waals surface area contributed by atoms with Crippen LogP contribution in [0.1, 0.15) is 49.8 Å². The van der Waals surface area contributed by atoms with Gasteiger partial charge in [0.25, 0.3) is 0 Å². The van der Waals surface area contributed by atoms with Crippen molar-refractivity contribution in [3.8, 4) is 0 Å². The van der Waals surface area contributed by atoms with Crippen LogP contribution in [0, 0.1) is 0 Å². The van der Waals surface area contributed by atoms with Crippen molar-refractivity contribution >= 4 is 40.0 Å². The Hall–Kier alpha value is -1.65. The number of benzene rings is 2. The molecule has 0 radical (unpaired) electrons. The van der Waals surface area contributed by atoms with Gasteiger partial charge in [0.1, 0.15) is 0 Å². The molecular weight excluding hydrogens is 511 g/mol. The van der Waals surface area contributed by atoms with Gasteiger partial charge in [0.2, 0.25) is 10.0 Å². The lowest BCUT2D eigenvalue weighted by Crippen LogP contribution is -2.37. The highest BCUT2D eigenvalue weighted by Crippen LogP contribution is 2.15. The molecule has 30 heavy (non-hydrogen) atoms. The van der Waals surface area contributed by atoms with Gasteiger partial charge in [-0.25, -0.2) is 18.5 Å². The summed E-state index contributed by atoms with van der Waals surface area (Å²) in [5.74, 6) is 1.26. The van der Waals surface area contributed by atoms with Crippen molar-refractivity contribution in [3.05, 3.63) is 65.2 Å². The lowest BCUT2D eigenvalue weighted by Gasteiger charge is -2.12. The summed E-state index contributed by atoms with van der Waals surface area (Å²) in [6.45, 7) is 8.33. The first kappa shape index (κ1) is 26.4. The number of rotatable bonds is 9. The third-order valence-corrected chi connectivity index (χ3v) is 5.48. The van der Waals surface area contributed by atoms with Gasteiger partial charge in [-0.1, -0.05) is 50.2 Å². The van der Waals surface area contributed by atoms with Crippen LogP contribution < -0.4 is 15.8 Å². The van der Waals surface area contributed by atoms with E-state index in [2.05, 4.69) is 53.7 Å². The Bertz CT molecular complexity index is 913. The zero-order valence-corrected chi connectivity index (χ0v) is 21.0. The molecule has 0 amide bonds. The Morgan fingerprint density at radius 2 is 1.77 bits per heavy atom. The smallest absolute Gasteiger partial charge is 0.238 e. The Morgan fingerprint density at radius 3 is 2.37 bits per heavy atom. The second-order valence-electron chi connectivity index (χ2n) is 7.31. The molecule has 0 saturated carbocycles. The molecule has 0 aliphatic heterocycles. The lowest BCUT2D eigenvalue weighted by molar-refractivity contribution is 0.597. The Kier molecular flexibility index (Phi) is 11.4. The quantitative estimate of drug-likeness (QED) is 0.194. The number of hydrogen-bond acceptors (Lipinski definition) is 3. The molecule has 0 aliphatic rings. The third kappa shape index (κ3) is 9.01. The molecule has 166 valence electrons. The van der Waals surface area contributed by atoms with Crippen LogP contribution in [0.25, 0.3) is 0 Å². The normalized spacial score (nSPS) is 11.8. The number of nitrogens with one attached hydrogen (secondary N) is 2. The number of guanidine groups is 1. The maximum Gasteiger partial charge on any atom is 0.238 e. The van der Waals surface area contributed by atoms with E-state index < -0.39 is 10.0 Å². The van der Waals surface area contributed by atoms with Crippen molar-refractivity contribution in [1.29, 1.82) is 0 Å². The fourth-order valence-electron chi connectivity index (χ4n) is 2.90. The average Bonchev–Trinajstić information content (AvgIpc) is 2.69. The van der Waals surface area contributed by atoms with E-state index in [4.69, 9.17) is 5.14 Å². The van der Waals surface area contributed by atoms with E-state index in [1.807, 2.05) is 13.0 Å². The highest BCUT2D eigenvalue weighted by molar-refractivity contribution is 14.0. The molecule has 0 bridgehead atoms. The van der Waals surface area contributed by atoms with Crippen molar-refractivity contribution in [2.24, 2.45) is 10.1 Å². The zero-order valence-electron chi connectivity index (χ0n) is 17.9. The fourth-order valence-corrected chi connectivity index (χ4v) is 3.49. The van der Waals surface area contributed by atoms with E-state index in [9.17, 15) is 8.42 Å². The summed E-state index contributed by atoms with van der Waals surface area (Å²) < 4.78 is 23.0. The van der Waals surface area contributed by atoms with Crippen molar-refractivity contribution in [2.45, 2.75) is 51.0 Å². The molecule has 0 saturated heterocycles. The highest BCUT2D eigenvalue weighted by atomic mass is 127. The van der Waals surface area contributed by atoms with Crippen LogP contribution in [-0.4, -0.2) is 27.5 Å². The van der Waals surface area contributed by atoms with Gasteiger partial charge in [-0.15, -0.1) is 24.0 Å². The second kappa shape index (κ2) is 12.9. The van der Waals surface area contributed by atoms with Gasteiger partial charge in [0.15, 0.2) is 5.96 Å². The van der Waals surface area contributed by atoms with Crippen molar-refractivity contribution in [1.82, 2.24) is 10.6 Å². The van der Waals surface area contributed by atoms with Crippen molar-refractivity contribution in [2.75, 3.05) is 13.1 Å². The number of hydrogen-bond donors (Lipinski definition) is 3. The molecule has 6 nitrogen and oxygen atoms in total. The molecule has 0 heterocycles. The summed E-state index contributed by atoms with van der Waals surface area (Å²) in [6.07, 6.45) is 1.99. The van der Waals surface area contributed by atoms with E-state index in [0.29, 0.717) is 18.4 Å². The summed E-state index contributed by atoms with van der Waals surface area (Å²) in [4.78, 5) is 4.64. The molecule has 8 heteroatoms. The molecule has 0 aliphatic carbocycles. The molecule has 0 spiro atoms. The van der Waals surface area contributed by atoms with E-state index in [1.165, 1.54) is 17.2 Å². The molecule has 2 rings (SSSR count). The number of aryl methyl sites for hydroxylation is 1.